The highest BCUT2D eigenvalue weighted by Gasteiger charge is 1.93. The van der Waals surface area contributed by atoms with E-state index in [1.807, 2.05) is 13.0 Å². The number of ether oxygens (including phenoxy) is 1. The first kappa shape index (κ1) is 14.9. The Balaban J connectivity index is 3.07. The van der Waals surface area contributed by atoms with Crippen LogP contribution in [0.15, 0.2) is 24.3 Å². The van der Waals surface area contributed by atoms with Crippen LogP contribution in [0, 0.1) is 0 Å². The largest absolute Gasteiger partial charge is 0.466 e. The summed E-state index contributed by atoms with van der Waals surface area (Å²) in [6.45, 7) is 4.06. The van der Waals surface area contributed by atoms with Crippen molar-refractivity contribution < 1.29 is 9.53 Å². The number of rotatable bonds is 9. The molecule has 0 fully saturated rings. The summed E-state index contributed by atoms with van der Waals surface area (Å²) >= 11 is 0. The minimum Gasteiger partial charge on any atom is -0.466 e. The molecule has 2 heteroatoms. The van der Waals surface area contributed by atoms with Crippen LogP contribution in [-0.2, 0) is 9.53 Å². The Kier molecular flexibility index (Phi) is 11.2. The van der Waals surface area contributed by atoms with E-state index in [1.54, 1.807) is 0 Å². The van der Waals surface area contributed by atoms with Crippen LogP contribution in [0.2, 0.25) is 0 Å². The van der Waals surface area contributed by atoms with Crippen molar-refractivity contribution in [3.63, 3.8) is 0 Å². The SMILES string of the molecule is C/C=C\C=C\CCCCCCCOC(C)=O. The number of hydrogen-bond donors (Lipinski definition) is 0. The number of carbonyl (C=O) groups is 1. The van der Waals surface area contributed by atoms with Crippen molar-refractivity contribution in [2.45, 2.75) is 52.4 Å². The van der Waals surface area contributed by atoms with E-state index in [-0.39, 0.29) is 5.97 Å². The van der Waals surface area contributed by atoms with Crippen LogP contribution in [0.1, 0.15) is 52.4 Å². The summed E-state index contributed by atoms with van der Waals surface area (Å²) < 4.78 is 4.86. The van der Waals surface area contributed by atoms with Gasteiger partial charge in [-0.15, -0.1) is 0 Å². The first-order chi connectivity index (χ1) is 7.77. The van der Waals surface area contributed by atoms with E-state index in [1.165, 1.54) is 26.2 Å². The van der Waals surface area contributed by atoms with Gasteiger partial charge in [0.15, 0.2) is 0 Å². The summed E-state index contributed by atoms with van der Waals surface area (Å²) in [7, 11) is 0. The summed E-state index contributed by atoms with van der Waals surface area (Å²) in [6.07, 6.45) is 15.5. The van der Waals surface area contributed by atoms with Crippen LogP contribution >= 0.6 is 0 Å². The topological polar surface area (TPSA) is 26.3 Å². The molecule has 0 spiro atoms. The van der Waals surface area contributed by atoms with E-state index < -0.39 is 0 Å². The molecule has 0 amide bonds. The number of hydrogen-bond acceptors (Lipinski definition) is 2. The smallest absolute Gasteiger partial charge is 0.302 e. The Morgan fingerprint density at radius 3 is 2.44 bits per heavy atom. The minimum atomic E-state index is -0.172. The van der Waals surface area contributed by atoms with Gasteiger partial charge in [0.05, 0.1) is 6.61 Å². The van der Waals surface area contributed by atoms with E-state index in [2.05, 4.69) is 18.2 Å². The third-order valence-corrected chi connectivity index (χ3v) is 2.26. The van der Waals surface area contributed by atoms with E-state index in [9.17, 15) is 4.79 Å². The van der Waals surface area contributed by atoms with Gasteiger partial charge in [-0.25, -0.2) is 0 Å². The third-order valence-electron chi connectivity index (χ3n) is 2.26. The van der Waals surface area contributed by atoms with Crippen molar-refractivity contribution in [1.29, 1.82) is 0 Å². The molecule has 0 atom stereocenters. The van der Waals surface area contributed by atoms with Crippen molar-refractivity contribution in [1.82, 2.24) is 0 Å². The van der Waals surface area contributed by atoms with Crippen LogP contribution < -0.4 is 0 Å². The van der Waals surface area contributed by atoms with Gasteiger partial charge >= 0.3 is 5.97 Å². The maximum atomic E-state index is 10.5. The molecule has 0 saturated heterocycles. The van der Waals surface area contributed by atoms with Crippen molar-refractivity contribution >= 4 is 5.97 Å². The fourth-order valence-corrected chi connectivity index (χ4v) is 1.40. The van der Waals surface area contributed by atoms with Crippen LogP contribution in [0.4, 0.5) is 0 Å². The molecule has 0 heterocycles. The van der Waals surface area contributed by atoms with Crippen LogP contribution in [-0.4, -0.2) is 12.6 Å². The second-order valence-corrected chi connectivity index (χ2v) is 3.85. The molecule has 0 unspecified atom stereocenters. The monoisotopic (exact) mass is 224 g/mol. The molecule has 16 heavy (non-hydrogen) atoms. The molecule has 0 bridgehead atoms. The zero-order valence-electron chi connectivity index (χ0n) is 10.6. The molecule has 0 saturated carbocycles. The van der Waals surface area contributed by atoms with Crippen molar-refractivity contribution in [3.8, 4) is 0 Å². The first-order valence-corrected chi connectivity index (χ1v) is 6.18. The summed E-state index contributed by atoms with van der Waals surface area (Å²) in [4.78, 5) is 10.5. The van der Waals surface area contributed by atoms with E-state index >= 15 is 0 Å². The highest BCUT2D eigenvalue weighted by Crippen LogP contribution is 2.06. The van der Waals surface area contributed by atoms with Crippen molar-refractivity contribution in [3.05, 3.63) is 24.3 Å². The number of esters is 1. The fraction of sp³-hybridized carbons (Fsp3) is 0.643. The average molecular weight is 224 g/mol. The lowest BCUT2D eigenvalue weighted by molar-refractivity contribution is -0.141. The molecule has 0 aliphatic carbocycles. The molecule has 0 aliphatic heterocycles. The van der Waals surface area contributed by atoms with Gasteiger partial charge in [-0.1, -0.05) is 43.6 Å². The van der Waals surface area contributed by atoms with Gasteiger partial charge in [0.25, 0.3) is 0 Å². The van der Waals surface area contributed by atoms with Gasteiger partial charge in [-0.3, -0.25) is 4.79 Å². The van der Waals surface area contributed by atoms with Crippen molar-refractivity contribution in [2.24, 2.45) is 0 Å². The molecule has 2 nitrogen and oxygen atoms in total. The molecule has 0 aromatic heterocycles. The van der Waals surface area contributed by atoms with E-state index in [0.29, 0.717) is 6.61 Å². The van der Waals surface area contributed by atoms with E-state index in [0.717, 1.165) is 19.3 Å². The van der Waals surface area contributed by atoms with Gasteiger partial charge in [0.1, 0.15) is 0 Å². The Morgan fingerprint density at radius 2 is 1.75 bits per heavy atom. The van der Waals surface area contributed by atoms with Gasteiger partial charge in [0.2, 0.25) is 0 Å². The highest BCUT2D eigenvalue weighted by atomic mass is 16.5. The predicted octanol–water partition coefficient (Wildman–Crippen LogP) is 4.02. The standard InChI is InChI=1S/C14H24O2/c1-3-4-5-6-7-8-9-10-11-12-13-16-14(2)15/h3-6H,7-13H2,1-2H3/b4-3-,6-5+. The molecular formula is C14H24O2. The fourth-order valence-electron chi connectivity index (χ4n) is 1.40. The van der Waals surface area contributed by atoms with Gasteiger partial charge < -0.3 is 4.74 Å². The van der Waals surface area contributed by atoms with Gasteiger partial charge in [-0.2, -0.15) is 0 Å². The highest BCUT2D eigenvalue weighted by molar-refractivity contribution is 5.65. The molecule has 0 rings (SSSR count). The van der Waals surface area contributed by atoms with Gasteiger partial charge in [0, 0.05) is 6.92 Å². The lowest BCUT2D eigenvalue weighted by Crippen LogP contribution is -1.99. The predicted molar refractivity (Wildman–Crippen MR) is 68.3 cm³/mol. The average Bonchev–Trinajstić information content (AvgIpc) is 2.25. The molecule has 0 aliphatic rings. The second-order valence-electron chi connectivity index (χ2n) is 3.85. The lowest BCUT2D eigenvalue weighted by Gasteiger charge is -2.01. The Hall–Kier alpha value is -1.05. The minimum absolute atomic E-state index is 0.172. The third kappa shape index (κ3) is 12.9. The number of unbranched alkanes of at least 4 members (excludes halogenated alkanes) is 5. The zero-order chi connectivity index (χ0) is 12.1. The Labute approximate surface area is 99.4 Å². The second kappa shape index (κ2) is 12.0. The quantitative estimate of drug-likeness (QED) is 0.336. The number of allylic oxidation sites excluding steroid dienone is 4. The van der Waals surface area contributed by atoms with Gasteiger partial charge in [-0.05, 0) is 26.2 Å². The molecule has 0 aromatic rings. The van der Waals surface area contributed by atoms with Crippen LogP contribution in [0.25, 0.3) is 0 Å². The normalized spacial score (nSPS) is 11.4. The maximum Gasteiger partial charge on any atom is 0.302 e. The molecule has 0 radical (unpaired) electrons. The molecule has 0 aromatic carbocycles. The van der Waals surface area contributed by atoms with E-state index in [4.69, 9.17) is 4.74 Å². The number of carbonyl (C=O) groups excluding carboxylic acids is 1. The van der Waals surface area contributed by atoms with Crippen LogP contribution in [0.5, 0.6) is 0 Å². The maximum absolute atomic E-state index is 10.5. The summed E-state index contributed by atoms with van der Waals surface area (Å²) in [5, 5.41) is 0. The Bertz CT molecular complexity index is 217. The molecule has 0 N–H and O–H groups in total. The summed E-state index contributed by atoms with van der Waals surface area (Å²) in [6, 6.07) is 0. The Morgan fingerprint density at radius 1 is 1.06 bits per heavy atom. The zero-order valence-corrected chi connectivity index (χ0v) is 10.6. The summed E-state index contributed by atoms with van der Waals surface area (Å²) in [5.74, 6) is -0.172. The lowest BCUT2D eigenvalue weighted by atomic mass is 10.1. The van der Waals surface area contributed by atoms with Crippen molar-refractivity contribution in [2.75, 3.05) is 6.61 Å². The molecular weight excluding hydrogens is 200 g/mol. The first-order valence-electron chi connectivity index (χ1n) is 6.18. The molecule has 92 valence electrons. The van der Waals surface area contributed by atoms with Crippen LogP contribution in [0.3, 0.4) is 0 Å². The summed E-state index contributed by atoms with van der Waals surface area (Å²) in [5.41, 5.74) is 0.